The molecule has 1 heterocycles. The van der Waals surface area contributed by atoms with Crippen molar-refractivity contribution in [1.82, 2.24) is 0 Å². The molecule has 0 spiro atoms. The van der Waals surface area contributed by atoms with Gasteiger partial charge in [-0.3, -0.25) is 0 Å². The normalized spacial score (nSPS) is 23.4. The molecule has 3 heteroatoms. The number of hydrogen-bond donors (Lipinski definition) is 0. The highest BCUT2D eigenvalue weighted by molar-refractivity contribution is 5.89. The highest BCUT2D eigenvalue weighted by Gasteiger charge is 2.26. The molecule has 0 radical (unpaired) electrons. The van der Waals surface area contributed by atoms with Crippen LogP contribution >= 0.6 is 0 Å². The monoisotopic (exact) mass is 244 g/mol. The number of carbonyl (C=O) groups is 1. The van der Waals surface area contributed by atoms with Gasteiger partial charge in [0, 0.05) is 6.42 Å². The van der Waals surface area contributed by atoms with E-state index in [2.05, 4.69) is 13.2 Å². The predicted octanol–water partition coefficient (Wildman–Crippen LogP) is 3.09. The zero-order valence-corrected chi connectivity index (χ0v) is 10.2. The van der Waals surface area contributed by atoms with Crippen molar-refractivity contribution in [2.75, 3.05) is 0 Å². The molecule has 0 amide bonds. The van der Waals surface area contributed by atoms with Gasteiger partial charge in [-0.1, -0.05) is 30.9 Å². The van der Waals surface area contributed by atoms with Gasteiger partial charge < -0.3 is 9.47 Å². The average molecular weight is 244 g/mol. The number of benzene rings is 1. The Hall–Kier alpha value is -1.87. The quantitative estimate of drug-likeness (QED) is 0.605. The minimum Gasteiger partial charge on any atom is -0.432 e. The molecule has 18 heavy (non-hydrogen) atoms. The Morgan fingerprint density at radius 1 is 1.39 bits per heavy atom. The van der Waals surface area contributed by atoms with E-state index in [0.29, 0.717) is 12.0 Å². The standard InChI is InChI=1S/C15H16O3/c1-3-13-11(2)9-10-14(17-13)18-15(16)12-7-5-4-6-8-12/h3-8,13-14H,1-2,9-10H2/t13-,14+/m0/s1. The van der Waals surface area contributed by atoms with E-state index >= 15 is 0 Å². The summed E-state index contributed by atoms with van der Waals surface area (Å²) in [5.74, 6) is -0.365. The SMILES string of the molecule is C=C[C@@H]1O[C@H](OC(=O)c2ccccc2)CCC1=C. The summed E-state index contributed by atoms with van der Waals surface area (Å²) in [6.07, 6.45) is 2.34. The maximum atomic E-state index is 11.8. The van der Waals surface area contributed by atoms with E-state index in [4.69, 9.17) is 9.47 Å². The maximum Gasteiger partial charge on any atom is 0.340 e. The Bertz CT molecular complexity index is 450. The van der Waals surface area contributed by atoms with Gasteiger partial charge >= 0.3 is 5.97 Å². The molecular formula is C15H16O3. The fourth-order valence-electron chi connectivity index (χ4n) is 1.84. The van der Waals surface area contributed by atoms with E-state index < -0.39 is 6.29 Å². The van der Waals surface area contributed by atoms with Crippen molar-refractivity contribution in [3.8, 4) is 0 Å². The largest absolute Gasteiger partial charge is 0.432 e. The molecule has 1 aromatic rings. The zero-order chi connectivity index (χ0) is 13.0. The third-order valence-electron chi connectivity index (χ3n) is 2.86. The molecule has 2 atom stereocenters. The summed E-state index contributed by atoms with van der Waals surface area (Å²) in [6, 6.07) is 8.88. The first-order chi connectivity index (χ1) is 8.70. The molecule has 1 aromatic carbocycles. The van der Waals surface area contributed by atoms with Crippen LogP contribution in [0.15, 0.2) is 55.1 Å². The smallest absolute Gasteiger partial charge is 0.340 e. The summed E-state index contributed by atoms with van der Waals surface area (Å²) in [4.78, 5) is 11.8. The van der Waals surface area contributed by atoms with Gasteiger partial charge in [0.1, 0.15) is 6.10 Å². The van der Waals surface area contributed by atoms with Gasteiger partial charge in [0.2, 0.25) is 6.29 Å². The topological polar surface area (TPSA) is 35.5 Å². The van der Waals surface area contributed by atoms with Gasteiger partial charge in [-0.25, -0.2) is 4.79 Å². The van der Waals surface area contributed by atoms with Crippen LogP contribution in [0.5, 0.6) is 0 Å². The van der Waals surface area contributed by atoms with Crippen LogP contribution in [-0.2, 0) is 9.47 Å². The van der Waals surface area contributed by atoms with Crippen molar-refractivity contribution < 1.29 is 14.3 Å². The zero-order valence-electron chi connectivity index (χ0n) is 10.2. The van der Waals surface area contributed by atoms with Crippen LogP contribution in [0.2, 0.25) is 0 Å². The van der Waals surface area contributed by atoms with E-state index in [1.165, 1.54) is 0 Å². The molecular weight excluding hydrogens is 228 g/mol. The first-order valence-corrected chi connectivity index (χ1v) is 5.92. The molecule has 1 aliphatic rings. The maximum absolute atomic E-state index is 11.8. The molecule has 0 bridgehead atoms. The van der Waals surface area contributed by atoms with Crippen LogP contribution in [0.1, 0.15) is 23.2 Å². The van der Waals surface area contributed by atoms with Crippen LogP contribution < -0.4 is 0 Å². The number of carbonyl (C=O) groups excluding carboxylic acids is 1. The van der Waals surface area contributed by atoms with E-state index in [9.17, 15) is 4.79 Å². The number of ether oxygens (including phenoxy) is 2. The van der Waals surface area contributed by atoms with Crippen LogP contribution in [0.25, 0.3) is 0 Å². The summed E-state index contributed by atoms with van der Waals surface area (Å²) in [6.45, 7) is 7.58. The molecule has 3 nitrogen and oxygen atoms in total. The van der Waals surface area contributed by atoms with Crippen LogP contribution in [0.4, 0.5) is 0 Å². The van der Waals surface area contributed by atoms with Crippen LogP contribution in [-0.4, -0.2) is 18.4 Å². The summed E-state index contributed by atoms with van der Waals surface area (Å²) >= 11 is 0. The molecule has 0 unspecified atom stereocenters. The fourth-order valence-corrected chi connectivity index (χ4v) is 1.84. The second-order valence-electron chi connectivity index (χ2n) is 4.19. The van der Waals surface area contributed by atoms with Gasteiger partial charge in [0.25, 0.3) is 0 Å². The molecule has 0 saturated carbocycles. The molecule has 2 rings (SSSR count). The van der Waals surface area contributed by atoms with E-state index in [-0.39, 0.29) is 12.1 Å². The van der Waals surface area contributed by atoms with Crippen molar-refractivity contribution in [3.05, 3.63) is 60.7 Å². The van der Waals surface area contributed by atoms with E-state index in [0.717, 1.165) is 12.0 Å². The van der Waals surface area contributed by atoms with Crippen LogP contribution in [0, 0.1) is 0 Å². The average Bonchev–Trinajstić information content (AvgIpc) is 2.42. The van der Waals surface area contributed by atoms with Gasteiger partial charge in [0.05, 0.1) is 5.56 Å². The lowest BCUT2D eigenvalue weighted by molar-refractivity contribution is -0.137. The molecule has 94 valence electrons. The number of rotatable bonds is 3. The summed E-state index contributed by atoms with van der Waals surface area (Å²) < 4.78 is 10.9. The van der Waals surface area contributed by atoms with Crippen molar-refractivity contribution in [2.45, 2.75) is 25.2 Å². The van der Waals surface area contributed by atoms with Crippen LogP contribution in [0.3, 0.4) is 0 Å². The van der Waals surface area contributed by atoms with Crippen molar-refractivity contribution >= 4 is 5.97 Å². The molecule has 0 N–H and O–H groups in total. The lowest BCUT2D eigenvalue weighted by Crippen LogP contribution is -2.31. The minimum atomic E-state index is -0.522. The first kappa shape index (κ1) is 12.6. The molecule has 1 fully saturated rings. The predicted molar refractivity (Wildman–Crippen MR) is 69.1 cm³/mol. The van der Waals surface area contributed by atoms with Crippen molar-refractivity contribution in [3.63, 3.8) is 0 Å². The Kier molecular flexibility index (Phi) is 3.95. The molecule has 1 saturated heterocycles. The van der Waals surface area contributed by atoms with Crippen molar-refractivity contribution in [1.29, 1.82) is 0 Å². The van der Waals surface area contributed by atoms with E-state index in [1.54, 1.807) is 30.3 Å². The second-order valence-corrected chi connectivity index (χ2v) is 4.19. The van der Waals surface area contributed by atoms with Gasteiger partial charge in [-0.2, -0.15) is 0 Å². The Morgan fingerprint density at radius 2 is 2.11 bits per heavy atom. The Labute approximate surface area is 107 Å². The van der Waals surface area contributed by atoms with E-state index in [1.807, 2.05) is 6.07 Å². The summed E-state index contributed by atoms with van der Waals surface area (Å²) in [7, 11) is 0. The molecule has 0 aliphatic carbocycles. The highest BCUT2D eigenvalue weighted by atomic mass is 16.7. The fraction of sp³-hybridized carbons (Fsp3) is 0.267. The third-order valence-corrected chi connectivity index (χ3v) is 2.86. The Morgan fingerprint density at radius 3 is 2.78 bits per heavy atom. The minimum absolute atomic E-state index is 0.229. The number of hydrogen-bond acceptors (Lipinski definition) is 3. The highest BCUT2D eigenvalue weighted by Crippen LogP contribution is 2.25. The molecule has 1 aliphatic heterocycles. The summed E-state index contributed by atoms with van der Waals surface area (Å²) in [5, 5.41) is 0. The second kappa shape index (κ2) is 5.65. The first-order valence-electron chi connectivity index (χ1n) is 5.92. The third kappa shape index (κ3) is 2.87. The Balaban J connectivity index is 1.96. The lowest BCUT2D eigenvalue weighted by Gasteiger charge is -2.29. The van der Waals surface area contributed by atoms with Crippen molar-refractivity contribution in [2.24, 2.45) is 0 Å². The van der Waals surface area contributed by atoms with Gasteiger partial charge in [-0.05, 0) is 24.1 Å². The lowest BCUT2D eigenvalue weighted by atomic mass is 10.0. The summed E-state index contributed by atoms with van der Waals surface area (Å²) in [5.41, 5.74) is 1.50. The van der Waals surface area contributed by atoms with Gasteiger partial charge in [0.15, 0.2) is 0 Å². The molecule has 0 aromatic heterocycles. The number of esters is 1. The van der Waals surface area contributed by atoms with Gasteiger partial charge in [-0.15, -0.1) is 6.58 Å².